The van der Waals surface area contributed by atoms with E-state index in [-0.39, 0.29) is 0 Å². The number of nitrogens with zero attached hydrogens (tertiary/aromatic N) is 2. The first-order valence-corrected chi connectivity index (χ1v) is 7.53. The molecule has 1 aromatic heterocycles. The van der Waals surface area contributed by atoms with E-state index in [9.17, 15) is 0 Å². The summed E-state index contributed by atoms with van der Waals surface area (Å²) in [6.45, 7) is 4.74. The van der Waals surface area contributed by atoms with Gasteiger partial charge < -0.3 is 10.2 Å². The van der Waals surface area contributed by atoms with Crippen LogP contribution in [0.25, 0.3) is 10.9 Å². The number of likely N-dealkylation sites (tertiary alicyclic amines) is 1. The molecule has 0 spiro atoms. The van der Waals surface area contributed by atoms with E-state index in [2.05, 4.69) is 53.4 Å². The molecular weight excluding hydrogens is 246 g/mol. The minimum atomic E-state index is 0.509. The molecule has 106 valence electrons. The average molecular weight is 269 g/mol. The molecule has 0 bridgehead atoms. The lowest BCUT2D eigenvalue weighted by Gasteiger charge is -2.33. The molecule has 2 aromatic rings. The number of nitrogens with one attached hydrogen (secondary N) is 1. The van der Waals surface area contributed by atoms with Crippen LogP contribution >= 0.6 is 0 Å². The Hall–Kier alpha value is -1.61. The molecule has 1 aromatic carbocycles. The summed E-state index contributed by atoms with van der Waals surface area (Å²) in [7, 11) is 2.21. The molecule has 2 heterocycles. The zero-order valence-corrected chi connectivity index (χ0v) is 12.3. The number of piperidine rings is 1. The molecular formula is C17H23N3. The third-order valence-electron chi connectivity index (χ3n) is 4.50. The Morgan fingerprint density at radius 1 is 1.20 bits per heavy atom. The van der Waals surface area contributed by atoms with Gasteiger partial charge >= 0.3 is 0 Å². The van der Waals surface area contributed by atoms with Crippen LogP contribution in [0.15, 0.2) is 36.5 Å². The van der Waals surface area contributed by atoms with Crippen LogP contribution in [0.4, 0.5) is 5.69 Å². The number of fused-ring (bicyclic) bond motifs is 1. The number of hydrogen-bond acceptors (Lipinski definition) is 3. The van der Waals surface area contributed by atoms with Crippen molar-refractivity contribution in [3.8, 4) is 0 Å². The van der Waals surface area contributed by atoms with Crippen LogP contribution in [0.5, 0.6) is 0 Å². The second-order valence-corrected chi connectivity index (χ2v) is 5.95. The lowest BCUT2D eigenvalue weighted by atomic mass is 9.90. The maximum absolute atomic E-state index is 4.42. The van der Waals surface area contributed by atoms with Gasteiger partial charge in [-0.3, -0.25) is 4.98 Å². The highest BCUT2D eigenvalue weighted by atomic mass is 15.1. The van der Waals surface area contributed by atoms with Gasteiger partial charge in [0.25, 0.3) is 0 Å². The quantitative estimate of drug-likeness (QED) is 0.926. The first-order valence-electron chi connectivity index (χ1n) is 7.53. The van der Waals surface area contributed by atoms with Gasteiger partial charge in [-0.05, 0) is 70.1 Å². The molecule has 1 aliphatic heterocycles. The van der Waals surface area contributed by atoms with E-state index in [1.165, 1.54) is 37.0 Å². The number of pyridine rings is 1. The maximum atomic E-state index is 4.42. The van der Waals surface area contributed by atoms with Crippen molar-refractivity contribution in [2.24, 2.45) is 5.92 Å². The standard InChI is InChI=1S/C17H23N3/c1-13(14-8-11-20(2)12-9-14)19-17-7-3-6-16-15(17)5-4-10-18-16/h3-7,10,13-14,19H,8-9,11-12H2,1-2H3. The molecule has 0 saturated carbocycles. The zero-order valence-electron chi connectivity index (χ0n) is 12.3. The minimum Gasteiger partial charge on any atom is -0.382 e. The van der Waals surface area contributed by atoms with Gasteiger partial charge in [0.2, 0.25) is 0 Å². The van der Waals surface area contributed by atoms with Gasteiger partial charge in [0.1, 0.15) is 0 Å². The Morgan fingerprint density at radius 2 is 2.00 bits per heavy atom. The highest BCUT2D eigenvalue weighted by Crippen LogP contribution is 2.26. The van der Waals surface area contributed by atoms with Crippen LogP contribution in [0.3, 0.4) is 0 Å². The molecule has 0 aliphatic carbocycles. The van der Waals surface area contributed by atoms with Crippen molar-refractivity contribution in [2.75, 3.05) is 25.5 Å². The molecule has 1 fully saturated rings. The van der Waals surface area contributed by atoms with Gasteiger partial charge in [0.15, 0.2) is 0 Å². The Morgan fingerprint density at radius 3 is 2.80 bits per heavy atom. The van der Waals surface area contributed by atoms with Crippen molar-refractivity contribution in [1.29, 1.82) is 0 Å². The van der Waals surface area contributed by atoms with Crippen molar-refractivity contribution >= 4 is 16.6 Å². The van der Waals surface area contributed by atoms with Crippen LogP contribution in [-0.4, -0.2) is 36.1 Å². The Labute approximate surface area is 121 Å². The van der Waals surface area contributed by atoms with Crippen LogP contribution in [0.2, 0.25) is 0 Å². The number of hydrogen-bond donors (Lipinski definition) is 1. The largest absolute Gasteiger partial charge is 0.382 e. The highest BCUT2D eigenvalue weighted by Gasteiger charge is 2.22. The first-order chi connectivity index (χ1) is 9.74. The predicted molar refractivity (Wildman–Crippen MR) is 85.0 cm³/mol. The number of benzene rings is 1. The molecule has 3 nitrogen and oxygen atoms in total. The van der Waals surface area contributed by atoms with Crippen molar-refractivity contribution in [3.63, 3.8) is 0 Å². The summed E-state index contributed by atoms with van der Waals surface area (Å²) >= 11 is 0. The van der Waals surface area contributed by atoms with Gasteiger partial charge in [0, 0.05) is 23.3 Å². The van der Waals surface area contributed by atoms with Crippen molar-refractivity contribution < 1.29 is 0 Å². The molecule has 3 heteroatoms. The highest BCUT2D eigenvalue weighted by molar-refractivity contribution is 5.91. The summed E-state index contributed by atoms with van der Waals surface area (Å²) in [6.07, 6.45) is 4.42. The summed E-state index contributed by atoms with van der Waals surface area (Å²) in [5, 5.41) is 4.93. The molecule has 1 N–H and O–H groups in total. The molecule has 0 amide bonds. The molecule has 1 saturated heterocycles. The van der Waals surface area contributed by atoms with Gasteiger partial charge in [-0.15, -0.1) is 0 Å². The molecule has 1 aliphatic rings. The fourth-order valence-corrected chi connectivity index (χ4v) is 3.12. The fraction of sp³-hybridized carbons (Fsp3) is 0.471. The Bertz CT molecular complexity index is 568. The summed E-state index contributed by atoms with van der Waals surface area (Å²) in [5.41, 5.74) is 2.27. The summed E-state index contributed by atoms with van der Waals surface area (Å²) in [6, 6.07) is 11.0. The third-order valence-corrected chi connectivity index (χ3v) is 4.50. The Kier molecular flexibility index (Phi) is 3.88. The lowest BCUT2D eigenvalue weighted by molar-refractivity contribution is 0.208. The SMILES string of the molecule is CC(Nc1cccc2ncccc12)C1CCN(C)CC1. The topological polar surface area (TPSA) is 28.2 Å². The zero-order chi connectivity index (χ0) is 13.9. The smallest absolute Gasteiger partial charge is 0.0722 e. The van der Waals surface area contributed by atoms with E-state index in [0.717, 1.165) is 11.4 Å². The monoisotopic (exact) mass is 269 g/mol. The second kappa shape index (κ2) is 5.80. The van der Waals surface area contributed by atoms with Crippen LogP contribution in [0, 0.1) is 5.92 Å². The summed E-state index contributed by atoms with van der Waals surface area (Å²) in [5.74, 6) is 0.762. The fourth-order valence-electron chi connectivity index (χ4n) is 3.12. The number of rotatable bonds is 3. The van der Waals surface area contributed by atoms with Crippen LogP contribution in [0.1, 0.15) is 19.8 Å². The van der Waals surface area contributed by atoms with Crippen molar-refractivity contribution in [1.82, 2.24) is 9.88 Å². The van der Waals surface area contributed by atoms with Crippen molar-refractivity contribution in [3.05, 3.63) is 36.5 Å². The second-order valence-electron chi connectivity index (χ2n) is 5.95. The van der Waals surface area contributed by atoms with E-state index < -0.39 is 0 Å². The van der Waals surface area contributed by atoms with E-state index in [1.807, 2.05) is 12.3 Å². The molecule has 0 radical (unpaired) electrons. The number of anilines is 1. The average Bonchev–Trinajstić information content (AvgIpc) is 2.48. The number of aromatic nitrogens is 1. The van der Waals surface area contributed by atoms with E-state index in [1.54, 1.807) is 0 Å². The Balaban J connectivity index is 1.76. The van der Waals surface area contributed by atoms with E-state index in [0.29, 0.717) is 6.04 Å². The minimum absolute atomic E-state index is 0.509. The lowest BCUT2D eigenvalue weighted by Crippen LogP contribution is -2.37. The van der Waals surface area contributed by atoms with E-state index in [4.69, 9.17) is 0 Å². The van der Waals surface area contributed by atoms with Crippen molar-refractivity contribution in [2.45, 2.75) is 25.8 Å². The maximum Gasteiger partial charge on any atom is 0.0722 e. The van der Waals surface area contributed by atoms with Crippen LogP contribution in [-0.2, 0) is 0 Å². The first kappa shape index (κ1) is 13.4. The van der Waals surface area contributed by atoms with Gasteiger partial charge in [-0.25, -0.2) is 0 Å². The molecule has 1 atom stereocenters. The van der Waals surface area contributed by atoms with Crippen LogP contribution < -0.4 is 5.32 Å². The van der Waals surface area contributed by atoms with Gasteiger partial charge in [-0.2, -0.15) is 0 Å². The predicted octanol–water partition coefficient (Wildman–Crippen LogP) is 3.38. The molecule has 3 rings (SSSR count). The third kappa shape index (κ3) is 2.78. The molecule has 20 heavy (non-hydrogen) atoms. The van der Waals surface area contributed by atoms with Gasteiger partial charge in [-0.1, -0.05) is 6.07 Å². The summed E-state index contributed by atoms with van der Waals surface area (Å²) < 4.78 is 0. The van der Waals surface area contributed by atoms with Gasteiger partial charge in [0.05, 0.1) is 5.52 Å². The normalized spacial score (nSPS) is 19.1. The summed E-state index contributed by atoms with van der Waals surface area (Å²) in [4.78, 5) is 6.85. The van der Waals surface area contributed by atoms with E-state index >= 15 is 0 Å². The molecule has 1 unspecified atom stereocenters.